The maximum absolute atomic E-state index is 12.1. The summed E-state index contributed by atoms with van der Waals surface area (Å²) in [5, 5.41) is 7.06. The maximum atomic E-state index is 12.1. The van der Waals surface area contributed by atoms with E-state index in [2.05, 4.69) is 15.4 Å². The van der Waals surface area contributed by atoms with E-state index >= 15 is 0 Å². The van der Waals surface area contributed by atoms with Crippen LogP contribution in [0, 0.1) is 0 Å². The molecular weight excluding hydrogens is 240 g/mol. The normalized spacial score (nSPS) is 17.0. The Morgan fingerprint density at radius 2 is 2.35 bits per heavy atom. The fourth-order valence-electron chi connectivity index (χ4n) is 1.76. The quantitative estimate of drug-likeness (QED) is 0.834. The van der Waals surface area contributed by atoms with Gasteiger partial charge >= 0.3 is 0 Å². The first-order chi connectivity index (χ1) is 8.24. The van der Waals surface area contributed by atoms with Crippen molar-refractivity contribution in [1.29, 1.82) is 0 Å². The van der Waals surface area contributed by atoms with Crippen LogP contribution in [0.3, 0.4) is 0 Å². The Bertz CT molecular complexity index is 576. The summed E-state index contributed by atoms with van der Waals surface area (Å²) < 4.78 is 1.63. The lowest BCUT2D eigenvalue weighted by molar-refractivity contribution is 0.0937. The SMILES string of the molecule is O=C(NC1(CCl)CC1)c1cnn2ccncc12. The molecule has 1 aliphatic carbocycles. The van der Waals surface area contributed by atoms with Crippen molar-refractivity contribution in [3.63, 3.8) is 0 Å². The standard InChI is InChI=1S/C11H11ClN4O/c12-7-11(1-2-11)15-10(17)8-5-14-16-4-3-13-6-9(8)16/h3-6H,1-2,7H2,(H,15,17). The minimum Gasteiger partial charge on any atom is -0.345 e. The number of nitrogens with one attached hydrogen (secondary N) is 1. The number of alkyl halides is 1. The molecule has 1 amide bonds. The maximum Gasteiger partial charge on any atom is 0.255 e. The van der Waals surface area contributed by atoms with Crippen LogP contribution in [0.1, 0.15) is 23.2 Å². The Labute approximate surface area is 103 Å². The van der Waals surface area contributed by atoms with Gasteiger partial charge in [-0.2, -0.15) is 5.10 Å². The fourth-order valence-corrected chi connectivity index (χ4v) is 2.09. The van der Waals surface area contributed by atoms with Gasteiger partial charge in [0.05, 0.1) is 29.0 Å². The van der Waals surface area contributed by atoms with Crippen LogP contribution < -0.4 is 5.32 Å². The lowest BCUT2D eigenvalue weighted by Crippen LogP contribution is -2.38. The average Bonchev–Trinajstić information content (AvgIpc) is 2.99. The van der Waals surface area contributed by atoms with Crippen molar-refractivity contribution < 1.29 is 4.79 Å². The van der Waals surface area contributed by atoms with Gasteiger partial charge < -0.3 is 5.32 Å². The number of rotatable bonds is 3. The molecule has 0 aromatic carbocycles. The Morgan fingerprint density at radius 3 is 3.06 bits per heavy atom. The number of carbonyl (C=O) groups is 1. The Morgan fingerprint density at radius 1 is 1.53 bits per heavy atom. The lowest BCUT2D eigenvalue weighted by atomic mass is 10.2. The third-order valence-electron chi connectivity index (χ3n) is 3.06. The highest BCUT2D eigenvalue weighted by molar-refractivity contribution is 6.19. The molecule has 0 bridgehead atoms. The number of carbonyl (C=O) groups excluding carboxylic acids is 1. The van der Waals surface area contributed by atoms with E-state index in [1.165, 1.54) is 0 Å². The van der Waals surface area contributed by atoms with Gasteiger partial charge in [0.2, 0.25) is 0 Å². The van der Waals surface area contributed by atoms with Crippen LogP contribution in [0.2, 0.25) is 0 Å². The van der Waals surface area contributed by atoms with Crippen LogP contribution in [0.5, 0.6) is 0 Å². The third-order valence-corrected chi connectivity index (χ3v) is 3.57. The Hall–Kier alpha value is -1.62. The predicted molar refractivity (Wildman–Crippen MR) is 63.1 cm³/mol. The molecule has 88 valence electrons. The first-order valence-corrected chi connectivity index (χ1v) is 5.93. The van der Waals surface area contributed by atoms with Crippen LogP contribution in [0.4, 0.5) is 0 Å². The molecule has 2 aromatic heterocycles. The first kappa shape index (κ1) is 10.5. The number of amides is 1. The minimum absolute atomic E-state index is 0.133. The van der Waals surface area contributed by atoms with Crippen molar-refractivity contribution in [2.75, 3.05) is 5.88 Å². The van der Waals surface area contributed by atoms with E-state index in [0.717, 1.165) is 12.8 Å². The van der Waals surface area contributed by atoms with E-state index in [1.807, 2.05) is 0 Å². The van der Waals surface area contributed by atoms with E-state index in [0.29, 0.717) is 17.0 Å². The molecule has 6 heteroatoms. The van der Waals surface area contributed by atoms with E-state index in [4.69, 9.17) is 11.6 Å². The van der Waals surface area contributed by atoms with Crippen LogP contribution in [-0.2, 0) is 0 Å². The number of fused-ring (bicyclic) bond motifs is 1. The van der Waals surface area contributed by atoms with Crippen LogP contribution >= 0.6 is 11.6 Å². The Balaban J connectivity index is 1.91. The van der Waals surface area contributed by atoms with E-state index < -0.39 is 0 Å². The summed E-state index contributed by atoms with van der Waals surface area (Å²) in [5.41, 5.74) is 1.04. The highest BCUT2D eigenvalue weighted by atomic mass is 35.5. The molecule has 5 nitrogen and oxygen atoms in total. The average molecular weight is 251 g/mol. The molecule has 0 unspecified atom stereocenters. The van der Waals surface area contributed by atoms with Gasteiger partial charge in [-0.15, -0.1) is 11.6 Å². The number of hydrogen-bond donors (Lipinski definition) is 1. The molecule has 1 fully saturated rings. The molecule has 1 N–H and O–H groups in total. The van der Waals surface area contributed by atoms with Gasteiger partial charge in [-0.1, -0.05) is 0 Å². The number of halogens is 1. The first-order valence-electron chi connectivity index (χ1n) is 5.40. The van der Waals surface area contributed by atoms with E-state index in [9.17, 15) is 4.79 Å². The summed E-state index contributed by atoms with van der Waals surface area (Å²) in [6.07, 6.45) is 8.40. The zero-order chi connectivity index (χ0) is 11.9. The molecular formula is C11H11ClN4O. The third kappa shape index (κ3) is 1.76. The minimum atomic E-state index is -0.199. The molecule has 2 heterocycles. The van der Waals surface area contributed by atoms with Crippen LogP contribution in [0.15, 0.2) is 24.8 Å². The molecule has 3 rings (SSSR count). The molecule has 0 saturated heterocycles. The largest absolute Gasteiger partial charge is 0.345 e. The zero-order valence-corrected chi connectivity index (χ0v) is 9.81. The van der Waals surface area contributed by atoms with Crippen molar-refractivity contribution in [3.05, 3.63) is 30.4 Å². The van der Waals surface area contributed by atoms with Crippen molar-refractivity contribution in [2.45, 2.75) is 18.4 Å². The van der Waals surface area contributed by atoms with Crippen molar-refractivity contribution in [2.24, 2.45) is 0 Å². The molecule has 0 aliphatic heterocycles. The highest BCUT2D eigenvalue weighted by Crippen LogP contribution is 2.36. The summed E-state index contributed by atoms with van der Waals surface area (Å²) in [5.74, 6) is 0.321. The molecule has 17 heavy (non-hydrogen) atoms. The summed E-state index contributed by atoms with van der Waals surface area (Å²) in [6, 6.07) is 0. The van der Waals surface area contributed by atoms with E-state index in [1.54, 1.807) is 29.3 Å². The van der Waals surface area contributed by atoms with Gasteiger partial charge in [0.1, 0.15) is 0 Å². The molecule has 1 saturated carbocycles. The molecule has 0 atom stereocenters. The van der Waals surface area contributed by atoms with Gasteiger partial charge in [0.15, 0.2) is 0 Å². The summed E-state index contributed by atoms with van der Waals surface area (Å²) in [6.45, 7) is 0. The topological polar surface area (TPSA) is 59.3 Å². The van der Waals surface area contributed by atoms with Crippen molar-refractivity contribution in [3.8, 4) is 0 Å². The number of nitrogens with zero attached hydrogens (tertiary/aromatic N) is 3. The zero-order valence-electron chi connectivity index (χ0n) is 9.06. The molecule has 0 spiro atoms. The van der Waals surface area contributed by atoms with Crippen molar-refractivity contribution in [1.82, 2.24) is 19.9 Å². The Kier molecular flexibility index (Phi) is 2.29. The summed E-state index contributed by atoms with van der Waals surface area (Å²) in [4.78, 5) is 16.1. The fraction of sp³-hybridized carbons (Fsp3) is 0.364. The van der Waals surface area contributed by atoms with Gasteiger partial charge in [-0.3, -0.25) is 9.78 Å². The lowest BCUT2D eigenvalue weighted by Gasteiger charge is -2.12. The van der Waals surface area contributed by atoms with E-state index in [-0.39, 0.29) is 11.4 Å². The second kappa shape index (κ2) is 3.70. The van der Waals surface area contributed by atoms with Crippen molar-refractivity contribution >= 4 is 23.0 Å². The number of hydrogen-bond acceptors (Lipinski definition) is 3. The predicted octanol–water partition coefficient (Wildman–Crippen LogP) is 1.23. The molecule has 2 aromatic rings. The monoisotopic (exact) mass is 250 g/mol. The molecule has 1 aliphatic rings. The molecule has 0 radical (unpaired) electrons. The summed E-state index contributed by atoms with van der Waals surface area (Å²) in [7, 11) is 0. The number of aromatic nitrogens is 3. The summed E-state index contributed by atoms with van der Waals surface area (Å²) >= 11 is 5.83. The van der Waals surface area contributed by atoms with Crippen LogP contribution in [0.25, 0.3) is 5.52 Å². The van der Waals surface area contributed by atoms with Gasteiger partial charge in [-0.25, -0.2) is 4.52 Å². The van der Waals surface area contributed by atoms with Gasteiger partial charge in [0.25, 0.3) is 5.91 Å². The van der Waals surface area contributed by atoms with Gasteiger partial charge in [-0.05, 0) is 12.8 Å². The highest BCUT2D eigenvalue weighted by Gasteiger charge is 2.43. The smallest absolute Gasteiger partial charge is 0.255 e. The second-order valence-corrected chi connectivity index (χ2v) is 4.60. The van der Waals surface area contributed by atoms with Crippen LogP contribution in [-0.4, -0.2) is 31.9 Å². The second-order valence-electron chi connectivity index (χ2n) is 4.33. The van der Waals surface area contributed by atoms with Gasteiger partial charge in [0, 0.05) is 18.3 Å².